The summed E-state index contributed by atoms with van der Waals surface area (Å²) in [6, 6.07) is 13.6. The highest BCUT2D eigenvalue weighted by molar-refractivity contribution is 14.0. The molecular weight excluding hydrogens is 524 g/mol. The van der Waals surface area contributed by atoms with E-state index in [-0.39, 0.29) is 35.6 Å². The number of ether oxygens (including phenoxy) is 1. The first kappa shape index (κ1) is 26.5. The van der Waals surface area contributed by atoms with Gasteiger partial charge in [-0.15, -0.1) is 24.0 Å². The van der Waals surface area contributed by atoms with Gasteiger partial charge in [0.05, 0.1) is 6.54 Å². The predicted octanol–water partition coefficient (Wildman–Crippen LogP) is 3.86. The average Bonchev–Trinajstić information content (AvgIpc) is 2.74. The summed E-state index contributed by atoms with van der Waals surface area (Å²) in [6.07, 6.45) is -4.36. The van der Waals surface area contributed by atoms with Gasteiger partial charge in [-0.2, -0.15) is 13.2 Å². The van der Waals surface area contributed by atoms with Gasteiger partial charge in [0.15, 0.2) is 12.6 Å². The molecule has 0 aliphatic rings. The summed E-state index contributed by atoms with van der Waals surface area (Å²) < 4.78 is 41.3. The van der Waals surface area contributed by atoms with Crippen molar-refractivity contribution < 1.29 is 22.7 Å². The summed E-state index contributed by atoms with van der Waals surface area (Å²) in [4.78, 5) is 16.1. The number of aliphatic imine (C=N–C) groups is 1. The quantitative estimate of drug-likeness (QED) is 0.265. The lowest BCUT2D eigenvalue weighted by molar-refractivity contribution is -0.153. The molecule has 0 saturated carbocycles. The number of rotatable bonds is 8. The van der Waals surface area contributed by atoms with Crippen LogP contribution in [0.5, 0.6) is 5.75 Å². The maximum absolute atomic E-state index is 12.2. The number of benzene rings is 2. The van der Waals surface area contributed by atoms with Gasteiger partial charge in [0.2, 0.25) is 0 Å². The molecule has 0 atom stereocenters. The number of carbonyl (C=O) groups excluding carboxylic acids is 1. The Bertz CT molecular complexity index is 841. The summed E-state index contributed by atoms with van der Waals surface area (Å²) in [5, 5.41) is 8.92. The Labute approximate surface area is 196 Å². The molecule has 2 aromatic rings. The Kier molecular flexibility index (Phi) is 11.2. The van der Waals surface area contributed by atoms with Crippen LogP contribution in [-0.4, -0.2) is 38.2 Å². The van der Waals surface area contributed by atoms with E-state index in [1.165, 1.54) is 12.1 Å². The third-order valence-corrected chi connectivity index (χ3v) is 3.99. The lowest BCUT2D eigenvalue weighted by Gasteiger charge is -2.12. The zero-order valence-corrected chi connectivity index (χ0v) is 19.6. The van der Waals surface area contributed by atoms with Crippen LogP contribution in [-0.2, 0) is 13.1 Å². The Morgan fingerprint density at radius 2 is 1.61 bits per heavy atom. The van der Waals surface area contributed by atoms with Gasteiger partial charge in [0.1, 0.15) is 5.75 Å². The van der Waals surface area contributed by atoms with Crippen molar-refractivity contribution in [2.75, 3.05) is 20.2 Å². The standard InChI is InChI=1S/C21H25F3N4O2.HI/c1-3-26-20(27-12-15-4-8-17(9-5-15)19(29)25-2)28-13-16-6-10-18(11-7-16)30-14-21(22,23)24;/h4-11H,3,12-14H2,1-2H3,(H,25,29)(H2,26,27,28);1H. The summed E-state index contributed by atoms with van der Waals surface area (Å²) >= 11 is 0. The maximum Gasteiger partial charge on any atom is 0.422 e. The molecule has 2 aromatic carbocycles. The van der Waals surface area contributed by atoms with E-state index in [0.717, 1.165) is 11.1 Å². The number of halogens is 4. The van der Waals surface area contributed by atoms with E-state index >= 15 is 0 Å². The number of hydrogen-bond donors (Lipinski definition) is 3. The molecule has 0 saturated heterocycles. The van der Waals surface area contributed by atoms with Gasteiger partial charge < -0.3 is 20.7 Å². The van der Waals surface area contributed by atoms with Crippen LogP contribution in [0.15, 0.2) is 53.5 Å². The minimum absolute atomic E-state index is 0. The molecule has 31 heavy (non-hydrogen) atoms. The molecule has 0 aromatic heterocycles. The molecule has 170 valence electrons. The molecule has 0 aliphatic carbocycles. The largest absolute Gasteiger partial charge is 0.484 e. The van der Waals surface area contributed by atoms with Crippen molar-refractivity contribution in [1.82, 2.24) is 16.0 Å². The van der Waals surface area contributed by atoms with Crippen molar-refractivity contribution in [3.8, 4) is 5.75 Å². The van der Waals surface area contributed by atoms with Gasteiger partial charge in [0, 0.05) is 25.7 Å². The highest BCUT2D eigenvalue weighted by Crippen LogP contribution is 2.19. The molecule has 6 nitrogen and oxygen atoms in total. The normalized spacial score (nSPS) is 11.3. The molecule has 0 radical (unpaired) electrons. The molecule has 10 heteroatoms. The molecule has 1 amide bonds. The van der Waals surface area contributed by atoms with Crippen LogP contribution in [0, 0.1) is 0 Å². The van der Waals surface area contributed by atoms with Crippen molar-refractivity contribution >= 4 is 35.8 Å². The fraction of sp³-hybridized carbons (Fsp3) is 0.333. The number of hydrogen-bond acceptors (Lipinski definition) is 3. The lowest BCUT2D eigenvalue weighted by Crippen LogP contribution is -2.36. The van der Waals surface area contributed by atoms with Crippen molar-refractivity contribution in [1.29, 1.82) is 0 Å². The molecule has 0 heterocycles. The fourth-order valence-corrected chi connectivity index (χ4v) is 2.47. The van der Waals surface area contributed by atoms with E-state index in [1.54, 1.807) is 31.3 Å². The Morgan fingerprint density at radius 3 is 2.16 bits per heavy atom. The molecule has 0 fully saturated rings. The summed E-state index contributed by atoms with van der Waals surface area (Å²) in [5.74, 6) is 0.620. The first-order chi connectivity index (χ1) is 14.3. The van der Waals surface area contributed by atoms with E-state index in [0.29, 0.717) is 31.2 Å². The monoisotopic (exact) mass is 550 g/mol. The van der Waals surface area contributed by atoms with Crippen LogP contribution >= 0.6 is 24.0 Å². The zero-order valence-electron chi connectivity index (χ0n) is 17.3. The highest BCUT2D eigenvalue weighted by Gasteiger charge is 2.28. The van der Waals surface area contributed by atoms with Crippen LogP contribution in [0.3, 0.4) is 0 Å². The molecule has 3 N–H and O–H groups in total. The average molecular weight is 550 g/mol. The van der Waals surface area contributed by atoms with E-state index in [9.17, 15) is 18.0 Å². The summed E-state index contributed by atoms with van der Waals surface area (Å²) in [6.45, 7) is 2.17. The fourth-order valence-electron chi connectivity index (χ4n) is 2.47. The van der Waals surface area contributed by atoms with Crippen LogP contribution in [0.25, 0.3) is 0 Å². The van der Waals surface area contributed by atoms with Crippen LogP contribution in [0.2, 0.25) is 0 Å². The molecule has 0 aliphatic heterocycles. The third-order valence-electron chi connectivity index (χ3n) is 3.99. The second kappa shape index (κ2) is 13.0. The molecule has 0 bridgehead atoms. The lowest BCUT2D eigenvalue weighted by atomic mass is 10.1. The minimum Gasteiger partial charge on any atom is -0.484 e. The van der Waals surface area contributed by atoms with Crippen molar-refractivity contribution in [2.45, 2.75) is 26.2 Å². The Morgan fingerprint density at radius 1 is 1.00 bits per heavy atom. The molecule has 0 unspecified atom stereocenters. The minimum atomic E-state index is -4.36. The first-order valence-corrected chi connectivity index (χ1v) is 9.42. The topological polar surface area (TPSA) is 74.8 Å². The van der Waals surface area contributed by atoms with Crippen molar-refractivity contribution in [3.63, 3.8) is 0 Å². The number of nitrogens with one attached hydrogen (secondary N) is 3. The second-order valence-corrected chi connectivity index (χ2v) is 6.37. The predicted molar refractivity (Wildman–Crippen MR) is 125 cm³/mol. The number of alkyl halides is 3. The number of carbonyl (C=O) groups is 1. The van der Waals surface area contributed by atoms with E-state index in [4.69, 9.17) is 4.74 Å². The van der Waals surface area contributed by atoms with Crippen molar-refractivity contribution in [2.24, 2.45) is 4.99 Å². The van der Waals surface area contributed by atoms with Gasteiger partial charge in [-0.05, 0) is 42.3 Å². The Hall–Kier alpha value is -2.50. The first-order valence-electron chi connectivity index (χ1n) is 9.42. The van der Waals surface area contributed by atoms with E-state index < -0.39 is 12.8 Å². The van der Waals surface area contributed by atoms with Crippen LogP contribution in [0.1, 0.15) is 28.4 Å². The van der Waals surface area contributed by atoms with Gasteiger partial charge in [-0.25, -0.2) is 4.99 Å². The van der Waals surface area contributed by atoms with Crippen LogP contribution < -0.4 is 20.7 Å². The number of guanidine groups is 1. The van der Waals surface area contributed by atoms with E-state index in [1.807, 2.05) is 19.1 Å². The molecule has 0 spiro atoms. The molecule has 2 rings (SSSR count). The highest BCUT2D eigenvalue weighted by atomic mass is 127. The summed E-state index contributed by atoms with van der Waals surface area (Å²) in [5.41, 5.74) is 2.41. The maximum atomic E-state index is 12.2. The SMILES string of the molecule is CCNC(=NCc1ccc(OCC(F)(F)F)cc1)NCc1ccc(C(=O)NC)cc1.I. The number of nitrogens with zero attached hydrogens (tertiary/aromatic N) is 1. The van der Waals surface area contributed by atoms with Gasteiger partial charge in [-0.1, -0.05) is 24.3 Å². The summed E-state index contributed by atoms with van der Waals surface area (Å²) in [7, 11) is 1.58. The smallest absolute Gasteiger partial charge is 0.422 e. The van der Waals surface area contributed by atoms with Gasteiger partial charge in [-0.3, -0.25) is 4.79 Å². The Balaban J connectivity index is 0.00000480. The molecular formula is C21H26F3IN4O2. The second-order valence-electron chi connectivity index (χ2n) is 6.37. The van der Waals surface area contributed by atoms with Crippen LogP contribution in [0.4, 0.5) is 13.2 Å². The van der Waals surface area contributed by atoms with Gasteiger partial charge in [0.25, 0.3) is 5.91 Å². The van der Waals surface area contributed by atoms with E-state index in [2.05, 4.69) is 20.9 Å². The number of amides is 1. The third kappa shape index (κ3) is 9.90. The van der Waals surface area contributed by atoms with Gasteiger partial charge >= 0.3 is 6.18 Å². The van der Waals surface area contributed by atoms with Crippen molar-refractivity contribution in [3.05, 3.63) is 65.2 Å². The zero-order chi connectivity index (χ0) is 22.0.